The zero-order valence-corrected chi connectivity index (χ0v) is 16.7. The molecule has 0 saturated heterocycles. The highest BCUT2D eigenvalue weighted by Gasteiger charge is 2.33. The lowest BCUT2D eigenvalue weighted by Crippen LogP contribution is -2.16. The maximum Gasteiger partial charge on any atom is 0.352 e. The number of hydrogen-bond donors (Lipinski definition) is 4. The average molecular weight is 360 g/mol. The van der Waals surface area contributed by atoms with Crippen LogP contribution in [-0.4, -0.2) is 32.1 Å². The third-order valence-electron chi connectivity index (χ3n) is 4.68. The fraction of sp³-hybridized carbons (Fsp3) is 0.500. The van der Waals surface area contributed by atoms with Gasteiger partial charge in [0, 0.05) is 0 Å². The van der Waals surface area contributed by atoms with Gasteiger partial charge in [-0.25, -0.2) is 9.59 Å². The smallest absolute Gasteiger partial charge is 0.352 e. The second kappa shape index (κ2) is 6.04. The average Bonchev–Trinajstić information content (AvgIpc) is 2.94. The SMILES string of the molecule is Cc1c(C(=O)O)[nH]c(-c2[nH]c(C(=O)O)c(C)c2C(C)(C)C)c1C(C)(C)C. The zero-order chi connectivity index (χ0) is 20.2. The van der Waals surface area contributed by atoms with Gasteiger partial charge in [-0.1, -0.05) is 41.5 Å². The van der Waals surface area contributed by atoms with Crippen LogP contribution in [0.3, 0.4) is 0 Å². The van der Waals surface area contributed by atoms with Crippen molar-refractivity contribution in [2.24, 2.45) is 0 Å². The highest BCUT2D eigenvalue weighted by Crippen LogP contribution is 2.42. The molecule has 0 amide bonds. The molecule has 6 heteroatoms. The van der Waals surface area contributed by atoms with Gasteiger partial charge in [0.1, 0.15) is 11.4 Å². The van der Waals surface area contributed by atoms with E-state index in [2.05, 4.69) is 9.97 Å². The largest absolute Gasteiger partial charge is 0.477 e. The first kappa shape index (κ1) is 19.8. The van der Waals surface area contributed by atoms with Crippen LogP contribution in [0.2, 0.25) is 0 Å². The van der Waals surface area contributed by atoms with E-state index in [1.165, 1.54) is 0 Å². The van der Waals surface area contributed by atoms with Crippen LogP contribution < -0.4 is 0 Å². The fourth-order valence-electron chi connectivity index (χ4n) is 3.87. The molecule has 0 aliphatic rings. The van der Waals surface area contributed by atoms with Crippen LogP contribution in [0.25, 0.3) is 11.4 Å². The Labute approximate surface area is 153 Å². The number of hydrogen-bond acceptors (Lipinski definition) is 2. The molecular weight excluding hydrogens is 332 g/mol. The number of carboxylic acids is 2. The number of rotatable bonds is 3. The highest BCUT2D eigenvalue weighted by atomic mass is 16.4. The minimum atomic E-state index is -1.03. The summed E-state index contributed by atoms with van der Waals surface area (Å²) in [5, 5.41) is 19.1. The van der Waals surface area contributed by atoms with Crippen LogP contribution >= 0.6 is 0 Å². The normalized spacial score (nSPS) is 12.5. The zero-order valence-electron chi connectivity index (χ0n) is 16.7. The van der Waals surface area contributed by atoms with Crippen molar-refractivity contribution in [3.05, 3.63) is 33.6 Å². The molecule has 0 saturated carbocycles. The van der Waals surface area contributed by atoms with Gasteiger partial charge in [0.05, 0.1) is 11.4 Å². The second-order valence-electron chi connectivity index (χ2n) is 8.86. The van der Waals surface area contributed by atoms with Crippen LogP contribution in [0, 0.1) is 13.8 Å². The van der Waals surface area contributed by atoms with Crippen LogP contribution in [0.1, 0.15) is 84.8 Å². The summed E-state index contributed by atoms with van der Waals surface area (Å²) in [6, 6.07) is 0. The molecule has 26 heavy (non-hydrogen) atoms. The van der Waals surface area contributed by atoms with Gasteiger partial charge in [-0.2, -0.15) is 0 Å². The molecule has 0 radical (unpaired) electrons. The molecule has 0 bridgehead atoms. The third kappa shape index (κ3) is 3.16. The molecule has 0 fully saturated rings. The summed E-state index contributed by atoms with van der Waals surface area (Å²) in [5.74, 6) is -2.06. The Bertz CT molecular complexity index is 812. The van der Waals surface area contributed by atoms with Gasteiger partial charge in [0.2, 0.25) is 0 Å². The predicted octanol–water partition coefficient (Wildman–Crippen LogP) is 4.62. The van der Waals surface area contributed by atoms with Crippen molar-refractivity contribution in [2.75, 3.05) is 0 Å². The van der Waals surface area contributed by atoms with Crippen LogP contribution in [-0.2, 0) is 10.8 Å². The molecule has 0 aliphatic carbocycles. The van der Waals surface area contributed by atoms with Gasteiger partial charge in [0.15, 0.2) is 0 Å². The number of aromatic nitrogens is 2. The van der Waals surface area contributed by atoms with Crippen molar-refractivity contribution in [3.63, 3.8) is 0 Å². The van der Waals surface area contributed by atoms with Crippen molar-refractivity contribution in [1.82, 2.24) is 9.97 Å². The molecule has 4 N–H and O–H groups in total. The van der Waals surface area contributed by atoms with E-state index in [0.717, 1.165) is 11.1 Å². The molecule has 2 aromatic heterocycles. The first-order valence-corrected chi connectivity index (χ1v) is 8.61. The van der Waals surface area contributed by atoms with Crippen LogP contribution in [0.5, 0.6) is 0 Å². The van der Waals surface area contributed by atoms with E-state index in [1.54, 1.807) is 13.8 Å². The Morgan fingerprint density at radius 2 is 0.962 bits per heavy atom. The van der Waals surface area contributed by atoms with E-state index in [0.29, 0.717) is 22.5 Å². The monoisotopic (exact) mass is 360 g/mol. The number of aromatic carboxylic acids is 2. The van der Waals surface area contributed by atoms with E-state index in [9.17, 15) is 19.8 Å². The Hall–Kier alpha value is -2.50. The number of carbonyl (C=O) groups is 2. The number of nitrogens with one attached hydrogen (secondary N) is 2. The van der Waals surface area contributed by atoms with Gasteiger partial charge in [-0.05, 0) is 46.9 Å². The van der Waals surface area contributed by atoms with Crippen LogP contribution in [0.15, 0.2) is 0 Å². The van der Waals surface area contributed by atoms with Gasteiger partial charge in [-0.15, -0.1) is 0 Å². The standard InChI is InChI=1S/C20H28N2O4/c1-9-11(19(3,4)5)15(21-13(9)17(23)24)16-12(20(6,7)8)10(2)14(22-16)18(25)26/h21-22H,1-8H3,(H,23,24)(H,25,26). The highest BCUT2D eigenvalue weighted by molar-refractivity contribution is 5.93. The number of carboxylic acid groups (broad SMARTS) is 2. The van der Waals surface area contributed by atoms with Gasteiger partial charge < -0.3 is 20.2 Å². The predicted molar refractivity (Wildman–Crippen MR) is 101 cm³/mol. The quantitative estimate of drug-likeness (QED) is 0.641. The van der Waals surface area contributed by atoms with E-state index < -0.39 is 11.9 Å². The summed E-state index contributed by atoms with van der Waals surface area (Å²) in [7, 11) is 0. The van der Waals surface area contributed by atoms with Crippen molar-refractivity contribution in [2.45, 2.75) is 66.2 Å². The van der Waals surface area contributed by atoms with Gasteiger partial charge >= 0.3 is 11.9 Å². The maximum absolute atomic E-state index is 11.7. The third-order valence-corrected chi connectivity index (χ3v) is 4.68. The summed E-state index contributed by atoms with van der Waals surface area (Å²) in [6.45, 7) is 15.7. The van der Waals surface area contributed by atoms with E-state index >= 15 is 0 Å². The minimum Gasteiger partial charge on any atom is -0.477 e. The van der Waals surface area contributed by atoms with Crippen molar-refractivity contribution >= 4 is 11.9 Å². The summed E-state index contributed by atoms with van der Waals surface area (Å²) in [6.07, 6.45) is 0. The molecule has 0 atom stereocenters. The minimum absolute atomic E-state index is 0.133. The molecule has 2 aromatic rings. The first-order chi connectivity index (χ1) is 11.7. The van der Waals surface area contributed by atoms with E-state index in [1.807, 2.05) is 41.5 Å². The molecule has 2 rings (SSSR count). The van der Waals surface area contributed by atoms with Crippen molar-refractivity contribution in [1.29, 1.82) is 0 Å². The summed E-state index contributed by atoms with van der Waals surface area (Å²) in [4.78, 5) is 29.4. The summed E-state index contributed by atoms with van der Waals surface area (Å²) in [5.41, 5.74) is 4.01. The summed E-state index contributed by atoms with van der Waals surface area (Å²) >= 11 is 0. The number of H-pyrrole nitrogens is 2. The fourth-order valence-corrected chi connectivity index (χ4v) is 3.87. The molecular formula is C20H28N2O4. The molecule has 2 heterocycles. The Morgan fingerprint density at radius 1 is 0.692 bits per heavy atom. The van der Waals surface area contributed by atoms with Crippen molar-refractivity contribution in [3.8, 4) is 11.4 Å². The molecule has 0 aliphatic heterocycles. The maximum atomic E-state index is 11.7. The molecule has 0 spiro atoms. The topological polar surface area (TPSA) is 106 Å². The first-order valence-electron chi connectivity index (χ1n) is 8.61. The lowest BCUT2D eigenvalue weighted by atomic mass is 9.79. The molecule has 6 nitrogen and oxygen atoms in total. The number of aromatic amines is 2. The molecule has 142 valence electrons. The lowest BCUT2D eigenvalue weighted by Gasteiger charge is -2.24. The van der Waals surface area contributed by atoms with E-state index in [-0.39, 0.29) is 22.2 Å². The molecule has 0 unspecified atom stereocenters. The van der Waals surface area contributed by atoms with Gasteiger partial charge in [0.25, 0.3) is 0 Å². The van der Waals surface area contributed by atoms with Crippen molar-refractivity contribution < 1.29 is 19.8 Å². The lowest BCUT2D eigenvalue weighted by molar-refractivity contribution is 0.0679. The Kier molecular flexibility index (Phi) is 4.60. The van der Waals surface area contributed by atoms with Crippen LogP contribution in [0.4, 0.5) is 0 Å². The van der Waals surface area contributed by atoms with E-state index in [4.69, 9.17) is 0 Å². The second-order valence-corrected chi connectivity index (χ2v) is 8.86. The Balaban J connectivity index is 2.97. The summed E-state index contributed by atoms with van der Waals surface area (Å²) < 4.78 is 0. The van der Waals surface area contributed by atoms with Gasteiger partial charge in [-0.3, -0.25) is 0 Å². The Morgan fingerprint density at radius 3 is 1.15 bits per heavy atom. The molecule has 0 aromatic carbocycles.